The van der Waals surface area contributed by atoms with Crippen LogP contribution in [0, 0.1) is 6.92 Å². The predicted octanol–water partition coefficient (Wildman–Crippen LogP) is 4.32. The summed E-state index contributed by atoms with van der Waals surface area (Å²) in [6.45, 7) is 3.54. The minimum absolute atomic E-state index is 0.459. The summed E-state index contributed by atoms with van der Waals surface area (Å²) in [6.07, 6.45) is 0. The topological polar surface area (TPSA) is 47.6 Å². The Morgan fingerprint density at radius 3 is 2.20 bits per heavy atom. The number of nitrogens with one attached hydrogen (secondary N) is 1. The monoisotopic (exact) mass is 291 g/mol. The zero-order chi connectivity index (χ0) is 14.6. The smallest absolute Gasteiger partial charge is 0.338 e. The Hall–Kier alpha value is -1.93. The highest BCUT2D eigenvalue weighted by molar-refractivity contribution is 7.60. The summed E-state index contributed by atoms with van der Waals surface area (Å²) in [5, 5.41) is 2.92. The number of ether oxygens (including phenoxy) is 1. The van der Waals surface area contributed by atoms with Crippen LogP contribution in [0.4, 0.5) is 5.69 Å². The van der Waals surface area contributed by atoms with Crippen molar-refractivity contribution in [2.45, 2.75) is 6.92 Å². The van der Waals surface area contributed by atoms with E-state index in [0.717, 1.165) is 11.3 Å². The summed E-state index contributed by atoms with van der Waals surface area (Å²) in [4.78, 5) is 0. The molecule has 4 nitrogen and oxygen atoms in total. The molecule has 0 amide bonds. The highest BCUT2D eigenvalue weighted by Crippen LogP contribution is 2.45. The molecule has 1 N–H and O–H groups in total. The third-order valence-electron chi connectivity index (χ3n) is 2.73. The second-order valence-electron chi connectivity index (χ2n) is 4.57. The van der Waals surface area contributed by atoms with Crippen molar-refractivity contribution < 1.29 is 13.8 Å². The molecule has 0 aliphatic heterocycles. The Bertz CT molecular complexity index is 625. The lowest BCUT2D eigenvalue weighted by atomic mass is 10.2. The molecule has 2 aromatic carbocycles. The van der Waals surface area contributed by atoms with Gasteiger partial charge in [-0.1, -0.05) is 29.8 Å². The molecule has 1 atom stereocenters. The van der Waals surface area contributed by atoms with E-state index in [1.807, 2.05) is 43.3 Å². The van der Waals surface area contributed by atoms with E-state index in [1.54, 1.807) is 25.9 Å². The first kappa shape index (κ1) is 14.5. The van der Waals surface area contributed by atoms with E-state index in [0.29, 0.717) is 11.5 Å². The number of aryl methyl sites for hydroxylation is 1. The van der Waals surface area contributed by atoms with E-state index in [2.05, 4.69) is 5.09 Å². The molecule has 0 aromatic heterocycles. The Morgan fingerprint density at radius 1 is 1.00 bits per heavy atom. The second kappa shape index (κ2) is 6.02. The van der Waals surface area contributed by atoms with Crippen LogP contribution in [0.1, 0.15) is 5.56 Å². The number of hydrogen-bond donors (Lipinski definition) is 1. The van der Waals surface area contributed by atoms with Crippen molar-refractivity contribution in [3.8, 4) is 11.5 Å². The van der Waals surface area contributed by atoms with Crippen LogP contribution < -0.4 is 14.3 Å². The Morgan fingerprint density at radius 2 is 1.60 bits per heavy atom. The summed E-state index contributed by atoms with van der Waals surface area (Å²) in [6, 6.07) is 14.8. The number of para-hydroxylation sites is 2. The van der Waals surface area contributed by atoms with Gasteiger partial charge in [0.2, 0.25) is 0 Å². The number of methoxy groups -OCH3 is 1. The molecule has 0 saturated carbocycles. The van der Waals surface area contributed by atoms with Gasteiger partial charge in [-0.2, -0.15) is 0 Å². The average Bonchev–Trinajstić information content (AvgIpc) is 2.41. The van der Waals surface area contributed by atoms with Crippen LogP contribution in [0.2, 0.25) is 0 Å². The van der Waals surface area contributed by atoms with Gasteiger partial charge in [0, 0.05) is 12.4 Å². The summed E-state index contributed by atoms with van der Waals surface area (Å²) >= 11 is 0. The number of anilines is 1. The lowest BCUT2D eigenvalue weighted by Gasteiger charge is -2.18. The van der Waals surface area contributed by atoms with Crippen molar-refractivity contribution >= 4 is 13.2 Å². The van der Waals surface area contributed by atoms with Gasteiger partial charge in [0.05, 0.1) is 7.11 Å². The minimum Gasteiger partial charge on any atom is -0.493 e. The van der Waals surface area contributed by atoms with Gasteiger partial charge in [0.15, 0.2) is 11.5 Å². The molecular formula is C15H18NO3P. The molecule has 0 fully saturated rings. The van der Waals surface area contributed by atoms with Crippen LogP contribution in [0.25, 0.3) is 0 Å². The number of benzene rings is 2. The maximum Gasteiger partial charge on any atom is 0.338 e. The molecule has 0 heterocycles. The van der Waals surface area contributed by atoms with Gasteiger partial charge < -0.3 is 14.3 Å². The maximum atomic E-state index is 12.5. The van der Waals surface area contributed by atoms with Crippen molar-refractivity contribution in [2.75, 3.05) is 18.9 Å². The molecule has 0 unspecified atom stereocenters. The quantitative estimate of drug-likeness (QED) is 0.833. The first-order valence-electron chi connectivity index (χ1n) is 6.25. The SMILES string of the molecule is COc1ccccc1O[P@@](C)(=O)Nc1ccc(C)cc1. The third-order valence-corrected chi connectivity index (χ3v) is 3.93. The first-order chi connectivity index (χ1) is 9.50. The van der Waals surface area contributed by atoms with Crippen LogP contribution in [0.3, 0.4) is 0 Å². The van der Waals surface area contributed by atoms with Gasteiger partial charge in [-0.15, -0.1) is 0 Å². The lowest BCUT2D eigenvalue weighted by Crippen LogP contribution is -2.03. The van der Waals surface area contributed by atoms with E-state index in [9.17, 15) is 4.57 Å². The molecule has 0 spiro atoms. The summed E-state index contributed by atoms with van der Waals surface area (Å²) in [5.41, 5.74) is 1.91. The van der Waals surface area contributed by atoms with Gasteiger partial charge in [-0.3, -0.25) is 4.57 Å². The molecule has 2 rings (SSSR count). The fourth-order valence-electron chi connectivity index (χ4n) is 1.77. The van der Waals surface area contributed by atoms with Crippen LogP contribution in [-0.4, -0.2) is 13.8 Å². The fourth-order valence-corrected chi connectivity index (χ4v) is 2.96. The zero-order valence-electron chi connectivity index (χ0n) is 11.8. The minimum atomic E-state index is -3.02. The van der Waals surface area contributed by atoms with Crippen molar-refractivity contribution in [2.24, 2.45) is 0 Å². The zero-order valence-corrected chi connectivity index (χ0v) is 12.7. The van der Waals surface area contributed by atoms with Gasteiger partial charge in [-0.25, -0.2) is 0 Å². The van der Waals surface area contributed by atoms with Crippen LogP contribution in [0.5, 0.6) is 11.5 Å². The van der Waals surface area contributed by atoms with Crippen molar-refractivity contribution in [3.63, 3.8) is 0 Å². The summed E-state index contributed by atoms with van der Waals surface area (Å²) < 4.78 is 23.3. The molecule has 20 heavy (non-hydrogen) atoms. The number of hydrogen-bond acceptors (Lipinski definition) is 3. The lowest BCUT2D eigenvalue weighted by molar-refractivity contribution is 0.391. The molecule has 2 aromatic rings. The van der Waals surface area contributed by atoms with Crippen LogP contribution in [-0.2, 0) is 4.57 Å². The summed E-state index contributed by atoms with van der Waals surface area (Å²) in [5.74, 6) is 1.01. The van der Waals surface area contributed by atoms with E-state index in [4.69, 9.17) is 9.26 Å². The average molecular weight is 291 g/mol. The second-order valence-corrected chi connectivity index (χ2v) is 6.66. The van der Waals surface area contributed by atoms with Crippen molar-refractivity contribution in [1.82, 2.24) is 0 Å². The fraction of sp³-hybridized carbons (Fsp3) is 0.200. The first-order valence-corrected chi connectivity index (χ1v) is 8.32. The van der Waals surface area contributed by atoms with E-state index in [-0.39, 0.29) is 0 Å². The molecule has 0 aliphatic rings. The highest BCUT2D eigenvalue weighted by Gasteiger charge is 2.19. The molecule has 5 heteroatoms. The maximum absolute atomic E-state index is 12.5. The van der Waals surface area contributed by atoms with Crippen LogP contribution >= 0.6 is 7.52 Å². The van der Waals surface area contributed by atoms with Gasteiger partial charge >= 0.3 is 7.52 Å². The van der Waals surface area contributed by atoms with Crippen LogP contribution in [0.15, 0.2) is 48.5 Å². The normalized spacial score (nSPS) is 13.3. The highest BCUT2D eigenvalue weighted by atomic mass is 31.2. The third kappa shape index (κ3) is 3.78. The van der Waals surface area contributed by atoms with E-state index >= 15 is 0 Å². The van der Waals surface area contributed by atoms with Crippen molar-refractivity contribution in [1.29, 1.82) is 0 Å². The van der Waals surface area contributed by atoms with Gasteiger partial charge in [0.25, 0.3) is 0 Å². The Kier molecular flexibility index (Phi) is 4.35. The van der Waals surface area contributed by atoms with Gasteiger partial charge in [0.1, 0.15) is 0 Å². The standard InChI is InChI=1S/C15H18NO3P/c1-12-8-10-13(11-9-12)16-20(3,17)19-15-7-5-4-6-14(15)18-2/h4-11H,1-3H3,(H,16,17)/t20-/m1/s1. The van der Waals surface area contributed by atoms with E-state index in [1.165, 1.54) is 0 Å². The molecular weight excluding hydrogens is 273 g/mol. The van der Waals surface area contributed by atoms with Crippen molar-refractivity contribution in [3.05, 3.63) is 54.1 Å². The molecule has 0 saturated heterocycles. The molecule has 0 aliphatic carbocycles. The van der Waals surface area contributed by atoms with E-state index < -0.39 is 7.52 Å². The van der Waals surface area contributed by atoms with Gasteiger partial charge in [-0.05, 0) is 31.2 Å². The number of rotatable bonds is 5. The Labute approximate surface area is 119 Å². The molecule has 0 bridgehead atoms. The largest absolute Gasteiger partial charge is 0.493 e. The molecule has 0 radical (unpaired) electrons. The molecule has 106 valence electrons. The predicted molar refractivity (Wildman–Crippen MR) is 82.0 cm³/mol. The summed E-state index contributed by atoms with van der Waals surface area (Å²) in [7, 11) is -1.47. The Balaban J connectivity index is 2.14.